The van der Waals surface area contributed by atoms with Crippen LogP contribution in [-0.4, -0.2) is 22.4 Å². The van der Waals surface area contributed by atoms with Crippen molar-refractivity contribution < 1.29 is 14.4 Å². The van der Waals surface area contributed by atoms with Crippen LogP contribution in [0.4, 0.5) is 0 Å². The molecule has 1 unspecified atom stereocenters. The molecule has 0 radical (unpaired) electrons. The summed E-state index contributed by atoms with van der Waals surface area (Å²) in [6.45, 7) is 1.56. The number of rotatable bonds is 3. The molecular weight excluding hydrogens is 148 g/mol. The van der Waals surface area contributed by atoms with Crippen molar-refractivity contribution >= 4 is 0 Å². The topological polar surface area (TPSA) is 68.4 Å². The van der Waals surface area contributed by atoms with Crippen LogP contribution in [0.3, 0.4) is 0 Å². The Bertz CT molecular complexity index is 223. The highest BCUT2D eigenvalue weighted by atomic mass is 16.5. The standard InChI is InChI=1S/C6H10N2O3/c1-4(10-2)6-7-5(3-9)11-8-6/h4,9H,3H2,1-2H3. The molecule has 1 heterocycles. The minimum absolute atomic E-state index is 0.195. The molecule has 1 atom stereocenters. The first-order valence-electron chi connectivity index (χ1n) is 3.24. The van der Waals surface area contributed by atoms with Gasteiger partial charge in [-0.3, -0.25) is 0 Å². The van der Waals surface area contributed by atoms with Crippen molar-refractivity contribution in [2.24, 2.45) is 0 Å². The second-order valence-corrected chi connectivity index (χ2v) is 2.08. The molecule has 62 valence electrons. The maximum absolute atomic E-state index is 8.57. The van der Waals surface area contributed by atoms with Gasteiger partial charge in [0.25, 0.3) is 5.89 Å². The van der Waals surface area contributed by atoms with Gasteiger partial charge in [-0.2, -0.15) is 4.98 Å². The summed E-state index contributed by atoms with van der Waals surface area (Å²) in [5.74, 6) is 0.667. The second-order valence-electron chi connectivity index (χ2n) is 2.08. The van der Waals surface area contributed by atoms with E-state index < -0.39 is 0 Å². The summed E-state index contributed by atoms with van der Waals surface area (Å²) in [6.07, 6.45) is -0.195. The third-order valence-electron chi connectivity index (χ3n) is 1.34. The van der Waals surface area contributed by atoms with E-state index in [1.165, 1.54) is 0 Å². The molecule has 0 aliphatic carbocycles. The minimum Gasteiger partial charge on any atom is -0.387 e. The van der Waals surface area contributed by atoms with Gasteiger partial charge in [0, 0.05) is 7.11 Å². The number of nitrogens with zero attached hydrogens (tertiary/aromatic N) is 2. The average molecular weight is 158 g/mol. The molecule has 0 bridgehead atoms. The van der Waals surface area contributed by atoms with Gasteiger partial charge in [0.15, 0.2) is 5.82 Å². The van der Waals surface area contributed by atoms with Gasteiger partial charge in [-0.25, -0.2) is 0 Å². The molecule has 0 aliphatic rings. The molecule has 5 heteroatoms. The first kappa shape index (κ1) is 8.16. The first-order chi connectivity index (χ1) is 5.27. The fourth-order valence-electron chi connectivity index (χ4n) is 0.603. The molecule has 11 heavy (non-hydrogen) atoms. The number of hydrogen-bond acceptors (Lipinski definition) is 5. The summed E-state index contributed by atoms with van der Waals surface area (Å²) in [7, 11) is 1.56. The van der Waals surface area contributed by atoms with Gasteiger partial charge in [-0.15, -0.1) is 0 Å². The molecule has 1 rings (SSSR count). The Morgan fingerprint density at radius 1 is 1.73 bits per heavy atom. The van der Waals surface area contributed by atoms with Crippen molar-refractivity contribution in [3.63, 3.8) is 0 Å². The molecule has 0 amide bonds. The van der Waals surface area contributed by atoms with E-state index in [0.29, 0.717) is 5.82 Å². The van der Waals surface area contributed by atoms with E-state index in [1.54, 1.807) is 14.0 Å². The van der Waals surface area contributed by atoms with Gasteiger partial charge < -0.3 is 14.4 Å². The molecule has 0 spiro atoms. The Kier molecular flexibility index (Phi) is 2.56. The molecule has 0 aliphatic heterocycles. The summed E-state index contributed by atoms with van der Waals surface area (Å²) in [5.41, 5.74) is 0. The van der Waals surface area contributed by atoms with Crippen molar-refractivity contribution in [2.75, 3.05) is 7.11 Å². The van der Waals surface area contributed by atoms with Crippen molar-refractivity contribution in [1.29, 1.82) is 0 Å². The zero-order valence-electron chi connectivity index (χ0n) is 6.44. The molecule has 1 N–H and O–H groups in total. The van der Waals surface area contributed by atoms with Gasteiger partial charge >= 0.3 is 0 Å². The number of aromatic nitrogens is 2. The normalized spacial score (nSPS) is 13.4. The smallest absolute Gasteiger partial charge is 0.252 e. The lowest BCUT2D eigenvalue weighted by Crippen LogP contribution is -1.98. The Morgan fingerprint density at radius 2 is 2.45 bits per heavy atom. The van der Waals surface area contributed by atoms with E-state index in [0.717, 1.165) is 0 Å². The molecular formula is C6H10N2O3. The summed E-state index contributed by atoms with van der Waals surface area (Å²) >= 11 is 0. The highest BCUT2D eigenvalue weighted by Gasteiger charge is 2.11. The van der Waals surface area contributed by atoms with E-state index in [-0.39, 0.29) is 18.6 Å². The Labute approximate surface area is 64.0 Å². The fourth-order valence-corrected chi connectivity index (χ4v) is 0.603. The lowest BCUT2D eigenvalue weighted by molar-refractivity contribution is 0.109. The van der Waals surface area contributed by atoms with E-state index in [2.05, 4.69) is 14.7 Å². The minimum atomic E-state index is -0.233. The van der Waals surface area contributed by atoms with E-state index in [9.17, 15) is 0 Å². The third kappa shape index (κ3) is 1.75. The second kappa shape index (κ2) is 3.45. The van der Waals surface area contributed by atoms with Crippen LogP contribution in [0.1, 0.15) is 24.7 Å². The molecule has 1 aromatic rings. The van der Waals surface area contributed by atoms with Crippen LogP contribution in [-0.2, 0) is 11.3 Å². The van der Waals surface area contributed by atoms with Crippen LogP contribution in [0.5, 0.6) is 0 Å². The highest BCUT2D eigenvalue weighted by molar-refractivity contribution is 4.88. The number of ether oxygens (including phenoxy) is 1. The van der Waals surface area contributed by atoms with Crippen LogP contribution in [0, 0.1) is 0 Å². The number of aliphatic hydroxyl groups is 1. The van der Waals surface area contributed by atoms with Crippen molar-refractivity contribution in [3.8, 4) is 0 Å². The predicted molar refractivity (Wildman–Crippen MR) is 35.6 cm³/mol. The van der Waals surface area contributed by atoms with Crippen molar-refractivity contribution in [2.45, 2.75) is 19.6 Å². The third-order valence-corrected chi connectivity index (χ3v) is 1.34. The van der Waals surface area contributed by atoms with Crippen LogP contribution in [0.2, 0.25) is 0 Å². The molecule has 0 fully saturated rings. The summed E-state index contributed by atoms with van der Waals surface area (Å²) in [6, 6.07) is 0. The molecule has 0 saturated carbocycles. The lowest BCUT2D eigenvalue weighted by Gasteiger charge is -2.00. The lowest BCUT2D eigenvalue weighted by atomic mass is 10.4. The largest absolute Gasteiger partial charge is 0.387 e. The first-order valence-corrected chi connectivity index (χ1v) is 3.24. The average Bonchev–Trinajstić information content (AvgIpc) is 2.50. The number of methoxy groups -OCH3 is 1. The maximum atomic E-state index is 8.57. The van der Waals surface area contributed by atoms with E-state index in [4.69, 9.17) is 9.84 Å². The molecule has 5 nitrogen and oxygen atoms in total. The molecule has 0 saturated heterocycles. The van der Waals surface area contributed by atoms with Gasteiger partial charge in [0.05, 0.1) is 0 Å². The number of aliphatic hydroxyl groups excluding tert-OH is 1. The monoisotopic (exact) mass is 158 g/mol. The quantitative estimate of drug-likeness (QED) is 0.683. The van der Waals surface area contributed by atoms with Crippen LogP contribution >= 0.6 is 0 Å². The molecule has 1 aromatic heterocycles. The maximum Gasteiger partial charge on any atom is 0.252 e. The van der Waals surface area contributed by atoms with Gasteiger partial charge in [-0.1, -0.05) is 5.16 Å². The van der Waals surface area contributed by atoms with Crippen LogP contribution in [0.25, 0.3) is 0 Å². The Morgan fingerprint density at radius 3 is 2.91 bits per heavy atom. The zero-order chi connectivity index (χ0) is 8.27. The molecule has 0 aromatic carbocycles. The Balaban J connectivity index is 2.71. The number of hydrogen-bond donors (Lipinski definition) is 1. The van der Waals surface area contributed by atoms with Gasteiger partial charge in [-0.05, 0) is 6.92 Å². The zero-order valence-corrected chi connectivity index (χ0v) is 6.44. The summed E-state index contributed by atoms with van der Waals surface area (Å²) in [4.78, 5) is 3.85. The summed E-state index contributed by atoms with van der Waals surface area (Å²) < 4.78 is 9.57. The fraction of sp³-hybridized carbons (Fsp3) is 0.667. The van der Waals surface area contributed by atoms with Crippen LogP contribution < -0.4 is 0 Å². The van der Waals surface area contributed by atoms with E-state index >= 15 is 0 Å². The SMILES string of the molecule is COC(C)c1noc(CO)n1. The van der Waals surface area contributed by atoms with Crippen LogP contribution in [0.15, 0.2) is 4.52 Å². The van der Waals surface area contributed by atoms with Gasteiger partial charge in [0.2, 0.25) is 0 Å². The summed E-state index contributed by atoms with van der Waals surface area (Å²) in [5, 5.41) is 12.2. The van der Waals surface area contributed by atoms with Crippen molar-refractivity contribution in [1.82, 2.24) is 10.1 Å². The highest BCUT2D eigenvalue weighted by Crippen LogP contribution is 2.10. The Hall–Kier alpha value is -0.940. The van der Waals surface area contributed by atoms with Crippen molar-refractivity contribution in [3.05, 3.63) is 11.7 Å². The van der Waals surface area contributed by atoms with Gasteiger partial charge in [0.1, 0.15) is 12.7 Å². The predicted octanol–water partition coefficient (Wildman–Crippen LogP) is 0.269. The van der Waals surface area contributed by atoms with E-state index in [1.807, 2.05) is 0 Å².